The molecule has 0 aromatic carbocycles. The topological polar surface area (TPSA) is 64.6 Å². The summed E-state index contributed by atoms with van der Waals surface area (Å²) in [6.07, 6.45) is 2.66. The molecule has 0 bridgehead atoms. The number of ether oxygens (including phenoxy) is 2. The molecule has 0 saturated carbocycles. The van der Waals surface area contributed by atoms with E-state index in [0.29, 0.717) is 6.61 Å². The summed E-state index contributed by atoms with van der Waals surface area (Å²) in [5.74, 6) is -0.468. The largest absolute Gasteiger partial charge is 0.464 e. The molecule has 1 N–H and O–H groups in total. The van der Waals surface area contributed by atoms with E-state index in [1.807, 2.05) is 0 Å². The molecular formula is C13H23NO4. The quantitative estimate of drug-likeness (QED) is 0.451. The molecule has 5 nitrogen and oxygen atoms in total. The van der Waals surface area contributed by atoms with E-state index < -0.39 is 23.7 Å². The van der Waals surface area contributed by atoms with Gasteiger partial charge in [0.25, 0.3) is 0 Å². The van der Waals surface area contributed by atoms with Crippen molar-refractivity contribution in [3.63, 3.8) is 0 Å². The van der Waals surface area contributed by atoms with Gasteiger partial charge in [0.05, 0.1) is 6.61 Å². The SMILES string of the molecule is C=CCCCOC(=O)C(C)NC(=O)OC(C)(C)C. The normalized spacial score (nSPS) is 12.4. The first-order valence-corrected chi connectivity index (χ1v) is 6.03. The number of alkyl carbamates (subject to hydrolysis) is 1. The summed E-state index contributed by atoms with van der Waals surface area (Å²) in [5, 5.41) is 2.42. The summed E-state index contributed by atoms with van der Waals surface area (Å²) in [5.41, 5.74) is -0.586. The molecule has 0 rings (SSSR count). The molecule has 0 spiro atoms. The van der Waals surface area contributed by atoms with Crippen LogP contribution in [0, 0.1) is 0 Å². The number of carbonyl (C=O) groups excluding carboxylic acids is 2. The van der Waals surface area contributed by atoms with Crippen LogP contribution in [-0.4, -0.2) is 30.3 Å². The second-order valence-electron chi connectivity index (χ2n) is 4.97. The third-order valence-corrected chi connectivity index (χ3v) is 1.88. The van der Waals surface area contributed by atoms with Gasteiger partial charge in [-0.05, 0) is 40.5 Å². The fourth-order valence-electron chi connectivity index (χ4n) is 1.07. The zero-order valence-corrected chi connectivity index (χ0v) is 11.6. The zero-order valence-electron chi connectivity index (χ0n) is 11.6. The number of carbonyl (C=O) groups is 2. The second kappa shape index (κ2) is 7.74. The van der Waals surface area contributed by atoms with Crippen molar-refractivity contribution in [2.75, 3.05) is 6.61 Å². The van der Waals surface area contributed by atoms with Gasteiger partial charge in [-0.3, -0.25) is 0 Å². The van der Waals surface area contributed by atoms with Gasteiger partial charge in [-0.1, -0.05) is 6.08 Å². The average Bonchev–Trinajstić information content (AvgIpc) is 2.21. The lowest BCUT2D eigenvalue weighted by Gasteiger charge is -2.21. The maximum absolute atomic E-state index is 11.5. The van der Waals surface area contributed by atoms with Crippen LogP contribution in [0.5, 0.6) is 0 Å². The Labute approximate surface area is 109 Å². The minimum Gasteiger partial charge on any atom is -0.464 e. The number of hydrogen-bond donors (Lipinski definition) is 1. The van der Waals surface area contributed by atoms with Gasteiger partial charge in [0, 0.05) is 0 Å². The summed E-state index contributed by atoms with van der Waals surface area (Å²) in [6.45, 7) is 10.7. The third kappa shape index (κ3) is 8.61. The van der Waals surface area contributed by atoms with Crippen LogP contribution in [0.1, 0.15) is 40.5 Å². The smallest absolute Gasteiger partial charge is 0.408 e. The van der Waals surface area contributed by atoms with Crippen molar-refractivity contribution < 1.29 is 19.1 Å². The lowest BCUT2D eigenvalue weighted by Crippen LogP contribution is -2.42. The second-order valence-corrected chi connectivity index (χ2v) is 4.97. The lowest BCUT2D eigenvalue weighted by molar-refractivity contribution is -0.145. The van der Waals surface area contributed by atoms with E-state index in [2.05, 4.69) is 11.9 Å². The molecule has 0 radical (unpaired) electrons. The molecule has 0 aliphatic heterocycles. The van der Waals surface area contributed by atoms with Gasteiger partial charge in [0.15, 0.2) is 0 Å². The van der Waals surface area contributed by atoms with E-state index in [9.17, 15) is 9.59 Å². The van der Waals surface area contributed by atoms with E-state index in [1.54, 1.807) is 33.8 Å². The van der Waals surface area contributed by atoms with Gasteiger partial charge < -0.3 is 14.8 Å². The van der Waals surface area contributed by atoms with Crippen LogP contribution in [0.2, 0.25) is 0 Å². The van der Waals surface area contributed by atoms with Crippen LogP contribution < -0.4 is 5.32 Å². The highest BCUT2D eigenvalue weighted by Crippen LogP contribution is 2.06. The van der Waals surface area contributed by atoms with E-state index in [1.165, 1.54) is 0 Å². The third-order valence-electron chi connectivity index (χ3n) is 1.88. The number of amides is 1. The first-order chi connectivity index (χ1) is 8.26. The predicted octanol–water partition coefficient (Wildman–Crippen LogP) is 2.41. The Balaban J connectivity index is 3.93. The summed E-state index contributed by atoms with van der Waals surface area (Å²) in [6, 6.07) is -0.719. The van der Waals surface area contributed by atoms with Gasteiger partial charge in [0.2, 0.25) is 0 Å². The molecule has 0 aliphatic rings. The van der Waals surface area contributed by atoms with E-state index in [4.69, 9.17) is 9.47 Å². The number of rotatable bonds is 6. The van der Waals surface area contributed by atoms with Crippen molar-refractivity contribution in [3.8, 4) is 0 Å². The molecular weight excluding hydrogens is 234 g/mol. The molecule has 1 atom stereocenters. The van der Waals surface area contributed by atoms with Gasteiger partial charge in [-0.15, -0.1) is 6.58 Å². The number of esters is 1. The van der Waals surface area contributed by atoms with Crippen molar-refractivity contribution in [1.29, 1.82) is 0 Å². The van der Waals surface area contributed by atoms with Crippen molar-refractivity contribution in [2.45, 2.75) is 52.2 Å². The Morgan fingerprint density at radius 1 is 1.39 bits per heavy atom. The maximum Gasteiger partial charge on any atom is 0.408 e. The molecule has 0 saturated heterocycles. The van der Waals surface area contributed by atoms with Gasteiger partial charge >= 0.3 is 12.1 Å². The summed E-state index contributed by atoms with van der Waals surface area (Å²) in [4.78, 5) is 22.9. The number of unbranched alkanes of at least 4 members (excludes halogenated alkanes) is 1. The molecule has 0 heterocycles. The molecule has 0 fully saturated rings. The van der Waals surface area contributed by atoms with Crippen LogP contribution in [0.3, 0.4) is 0 Å². The monoisotopic (exact) mass is 257 g/mol. The minimum atomic E-state index is -0.719. The van der Waals surface area contributed by atoms with Gasteiger partial charge in [-0.25, -0.2) is 9.59 Å². The molecule has 5 heteroatoms. The van der Waals surface area contributed by atoms with Crippen molar-refractivity contribution in [1.82, 2.24) is 5.32 Å². The van der Waals surface area contributed by atoms with Crippen LogP contribution in [0.25, 0.3) is 0 Å². The maximum atomic E-state index is 11.5. The van der Waals surface area contributed by atoms with Crippen molar-refractivity contribution in [2.24, 2.45) is 0 Å². The summed E-state index contributed by atoms with van der Waals surface area (Å²) in [7, 11) is 0. The van der Waals surface area contributed by atoms with Gasteiger partial charge in [-0.2, -0.15) is 0 Å². The first-order valence-electron chi connectivity index (χ1n) is 6.03. The summed E-state index contributed by atoms with van der Waals surface area (Å²) >= 11 is 0. The molecule has 1 unspecified atom stereocenters. The zero-order chi connectivity index (χ0) is 14.2. The number of allylic oxidation sites excluding steroid dienone is 1. The van der Waals surface area contributed by atoms with Crippen molar-refractivity contribution in [3.05, 3.63) is 12.7 Å². The van der Waals surface area contributed by atoms with Crippen LogP contribution in [-0.2, 0) is 14.3 Å². The highest BCUT2D eigenvalue weighted by atomic mass is 16.6. The molecule has 18 heavy (non-hydrogen) atoms. The van der Waals surface area contributed by atoms with Gasteiger partial charge in [0.1, 0.15) is 11.6 Å². The number of nitrogens with one attached hydrogen (secondary N) is 1. The molecule has 104 valence electrons. The van der Waals surface area contributed by atoms with E-state index in [-0.39, 0.29) is 0 Å². The van der Waals surface area contributed by atoms with Crippen molar-refractivity contribution >= 4 is 12.1 Å². The van der Waals surface area contributed by atoms with Crippen LogP contribution in [0.4, 0.5) is 4.79 Å². The standard InChI is InChI=1S/C13H23NO4/c1-6-7-8-9-17-11(15)10(2)14-12(16)18-13(3,4)5/h6,10H,1,7-9H2,2-5H3,(H,14,16). The van der Waals surface area contributed by atoms with E-state index >= 15 is 0 Å². The highest BCUT2D eigenvalue weighted by Gasteiger charge is 2.21. The Morgan fingerprint density at radius 2 is 2.00 bits per heavy atom. The minimum absolute atomic E-state index is 0.325. The summed E-state index contributed by atoms with van der Waals surface area (Å²) < 4.78 is 10.0. The average molecular weight is 257 g/mol. The Kier molecular flexibility index (Phi) is 7.08. The molecule has 0 aromatic heterocycles. The Hall–Kier alpha value is -1.52. The van der Waals surface area contributed by atoms with Crippen LogP contribution >= 0.6 is 0 Å². The fourth-order valence-corrected chi connectivity index (χ4v) is 1.07. The van der Waals surface area contributed by atoms with Crippen LogP contribution in [0.15, 0.2) is 12.7 Å². The predicted molar refractivity (Wildman–Crippen MR) is 69.2 cm³/mol. The molecule has 0 aromatic rings. The molecule has 1 amide bonds. The first kappa shape index (κ1) is 16.5. The highest BCUT2D eigenvalue weighted by molar-refractivity contribution is 5.80. The lowest BCUT2D eigenvalue weighted by atomic mass is 10.2. The molecule has 0 aliphatic carbocycles. The Morgan fingerprint density at radius 3 is 2.50 bits per heavy atom. The van der Waals surface area contributed by atoms with E-state index in [0.717, 1.165) is 12.8 Å². The fraction of sp³-hybridized carbons (Fsp3) is 0.692. The Bertz CT molecular complexity index is 294. The number of hydrogen-bond acceptors (Lipinski definition) is 4.